The maximum atomic E-state index is 12.9. The third-order valence-electron chi connectivity index (χ3n) is 4.78. The van der Waals surface area contributed by atoms with E-state index in [9.17, 15) is 13.2 Å². The van der Waals surface area contributed by atoms with Crippen molar-refractivity contribution in [3.8, 4) is 0 Å². The van der Waals surface area contributed by atoms with Gasteiger partial charge in [-0.25, -0.2) is 8.42 Å². The number of rotatable bonds is 6. The fraction of sp³-hybridized carbons (Fsp3) is 0.381. The number of amides is 1. The summed E-state index contributed by atoms with van der Waals surface area (Å²) in [5.41, 5.74) is 2.93. The van der Waals surface area contributed by atoms with Crippen LogP contribution in [-0.4, -0.2) is 31.5 Å². The number of sulfone groups is 1. The molecule has 0 heterocycles. The molecule has 5 heteroatoms. The molecule has 0 aromatic heterocycles. The molecule has 0 spiro atoms. The van der Waals surface area contributed by atoms with E-state index in [0.717, 1.165) is 18.4 Å². The molecule has 0 N–H and O–H groups in total. The van der Waals surface area contributed by atoms with E-state index in [0.29, 0.717) is 18.0 Å². The van der Waals surface area contributed by atoms with Crippen LogP contribution >= 0.6 is 0 Å². The second-order valence-corrected chi connectivity index (χ2v) is 9.37. The fourth-order valence-electron chi connectivity index (χ4n) is 2.97. The Kier molecular flexibility index (Phi) is 5.19. The van der Waals surface area contributed by atoms with Gasteiger partial charge in [-0.05, 0) is 54.2 Å². The molecule has 1 aliphatic carbocycles. The van der Waals surface area contributed by atoms with E-state index >= 15 is 0 Å². The lowest BCUT2D eigenvalue weighted by Gasteiger charge is -2.23. The predicted octanol–water partition coefficient (Wildman–Crippen LogP) is 4.02. The lowest BCUT2D eigenvalue weighted by molar-refractivity contribution is 0.0730. The highest BCUT2D eigenvalue weighted by Gasteiger charge is 2.33. The van der Waals surface area contributed by atoms with Gasteiger partial charge in [0.25, 0.3) is 5.91 Å². The molecule has 4 nitrogen and oxygen atoms in total. The first kappa shape index (κ1) is 18.6. The molecule has 0 unspecified atom stereocenters. The van der Waals surface area contributed by atoms with Crippen molar-refractivity contribution in [2.45, 2.75) is 50.1 Å². The van der Waals surface area contributed by atoms with Gasteiger partial charge in [0.15, 0.2) is 9.84 Å². The summed E-state index contributed by atoms with van der Waals surface area (Å²) in [5, 5.41) is 0. The van der Waals surface area contributed by atoms with Crippen LogP contribution in [0.15, 0.2) is 53.4 Å². The largest absolute Gasteiger partial charge is 0.331 e. The van der Waals surface area contributed by atoms with Gasteiger partial charge in [-0.3, -0.25) is 4.79 Å². The molecule has 138 valence electrons. The Balaban J connectivity index is 1.78. The smallest absolute Gasteiger partial charge is 0.254 e. The second-order valence-electron chi connectivity index (χ2n) is 7.36. The lowest BCUT2D eigenvalue weighted by Crippen LogP contribution is -2.32. The first-order chi connectivity index (χ1) is 12.3. The van der Waals surface area contributed by atoms with Crippen LogP contribution < -0.4 is 0 Å². The van der Waals surface area contributed by atoms with Gasteiger partial charge >= 0.3 is 0 Å². The molecule has 0 bridgehead atoms. The Morgan fingerprint density at radius 2 is 1.62 bits per heavy atom. The van der Waals surface area contributed by atoms with Gasteiger partial charge in [0, 0.05) is 24.4 Å². The summed E-state index contributed by atoms with van der Waals surface area (Å²) in [6.45, 7) is 4.90. The molecule has 0 saturated heterocycles. The van der Waals surface area contributed by atoms with Gasteiger partial charge in [-0.15, -0.1) is 0 Å². The van der Waals surface area contributed by atoms with Gasteiger partial charge in [-0.2, -0.15) is 0 Å². The number of hydrogen-bond donors (Lipinski definition) is 0. The van der Waals surface area contributed by atoms with E-state index in [-0.39, 0.29) is 16.8 Å². The molecule has 26 heavy (non-hydrogen) atoms. The first-order valence-corrected chi connectivity index (χ1v) is 10.8. The van der Waals surface area contributed by atoms with Crippen molar-refractivity contribution in [1.82, 2.24) is 4.90 Å². The molecular weight excluding hydrogens is 346 g/mol. The minimum Gasteiger partial charge on any atom is -0.331 e. The Morgan fingerprint density at radius 3 is 2.08 bits per heavy atom. The highest BCUT2D eigenvalue weighted by Crippen LogP contribution is 2.30. The minimum atomic E-state index is -3.25. The normalized spacial score (nSPS) is 14.5. The zero-order valence-electron chi connectivity index (χ0n) is 15.5. The molecule has 1 aliphatic rings. The van der Waals surface area contributed by atoms with Crippen LogP contribution in [-0.2, 0) is 16.4 Å². The van der Waals surface area contributed by atoms with Crippen LogP contribution in [0.2, 0.25) is 0 Å². The quantitative estimate of drug-likeness (QED) is 0.771. The van der Waals surface area contributed by atoms with Crippen LogP contribution in [0.4, 0.5) is 0 Å². The predicted molar refractivity (Wildman–Crippen MR) is 103 cm³/mol. The standard InChI is InChI=1S/C21H25NO3S/c1-15(2)17-6-4-16(5-7-17)14-22(19-10-11-19)21(23)18-8-12-20(13-9-18)26(3,24)25/h4-9,12-13,15,19H,10-11,14H2,1-3H3. The zero-order chi connectivity index (χ0) is 18.9. The van der Waals surface area contributed by atoms with E-state index in [4.69, 9.17) is 0 Å². The van der Waals surface area contributed by atoms with Crippen LogP contribution in [0.5, 0.6) is 0 Å². The maximum Gasteiger partial charge on any atom is 0.254 e. The van der Waals surface area contributed by atoms with Crippen molar-refractivity contribution < 1.29 is 13.2 Å². The highest BCUT2D eigenvalue weighted by atomic mass is 32.2. The Labute approximate surface area is 155 Å². The average molecular weight is 372 g/mol. The lowest BCUT2D eigenvalue weighted by atomic mass is 10.0. The molecule has 1 fully saturated rings. The SMILES string of the molecule is CC(C)c1ccc(CN(C(=O)c2ccc(S(C)(=O)=O)cc2)C2CC2)cc1. The van der Waals surface area contributed by atoms with Crippen molar-refractivity contribution in [2.24, 2.45) is 0 Å². The van der Waals surface area contributed by atoms with E-state index < -0.39 is 9.84 Å². The molecule has 2 aromatic carbocycles. The third kappa shape index (κ3) is 4.33. The first-order valence-electron chi connectivity index (χ1n) is 8.95. The fourth-order valence-corrected chi connectivity index (χ4v) is 3.60. The van der Waals surface area contributed by atoms with E-state index in [1.807, 2.05) is 4.90 Å². The van der Waals surface area contributed by atoms with Gasteiger partial charge in [-0.1, -0.05) is 38.1 Å². The second kappa shape index (κ2) is 7.23. The third-order valence-corrected chi connectivity index (χ3v) is 5.91. The van der Waals surface area contributed by atoms with E-state index in [1.165, 1.54) is 24.0 Å². The van der Waals surface area contributed by atoms with Gasteiger partial charge in [0.1, 0.15) is 0 Å². The van der Waals surface area contributed by atoms with Crippen molar-refractivity contribution in [3.05, 3.63) is 65.2 Å². The van der Waals surface area contributed by atoms with Crippen molar-refractivity contribution in [2.75, 3.05) is 6.26 Å². The number of carbonyl (C=O) groups is 1. The van der Waals surface area contributed by atoms with Crippen molar-refractivity contribution in [1.29, 1.82) is 0 Å². The number of carbonyl (C=O) groups excluding carboxylic acids is 1. The summed E-state index contributed by atoms with van der Waals surface area (Å²) in [5.74, 6) is 0.444. The summed E-state index contributed by atoms with van der Waals surface area (Å²) < 4.78 is 23.2. The molecule has 1 amide bonds. The topological polar surface area (TPSA) is 54.5 Å². The van der Waals surface area contributed by atoms with Crippen LogP contribution in [0.1, 0.15) is 54.1 Å². The molecule has 2 aromatic rings. The summed E-state index contributed by atoms with van der Waals surface area (Å²) >= 11 is 0. The van der Waals surface area contributed by atoms with Gasteiger partial charge < -0.3 is 4.90 Å². The van der Waals surface area contributed by atoms with Crippen LogP contribution in [0.25, 0.3) is 0 Å². The monoisotopic (exact) mass is 371 g/mol. The van der Waals surface area contributed by atoms with E-state index in [2.05, 4.69) is 38.1 Å². The molecule has 0 radical (unpaired) electrons. The molecule has 1 saturated carbocycles. The van der Waals surface area contributed by atoms with Crippen molar-refractivity contribution in [3.63, 3.8) is 0 Å². The molecule has 3 rings (SSSR count). The number of hydrogen-bond acceptors (Lipinski definition) is 3. The zero-order valence-corrected chi connectivity index (χ0v) is 16.3. The highest BCUT2D eigenvalue weighted by molar-refractivity contribution is 7.90. The van der Waals surface area contributed by atoms with E-state index in [1.54, 1.807) is 12.1 Å². The number of nitrogens with zero attached hydrogens (tertiary/aromatic N) is 1. The number of benzene rings is 2. The minimum absolute atomic E-state index is 0.0412. The van der Waals surface area contributed by atoms with Crippen LogP contribution in [0, 0.1) is 0 Å². The Morgan fingerprint density at radius 1 is 1.04 bits per heavy atom. The van der Waals surface area contributed by atoms with Gasteiger partial charge in [0.2, 0.25) is 0 Å². The summed E-state index contributed by atoms with van der Waals surface area (Å²) in [6.07, 6.45) is 3.22. The summed E-state index contributed by atoms with van der Waals surface area (Å²) in [6, 6.07) is 14.9. The molecular formula is C21H25NO3S. The molecule has 0 atom stereocenters. The van der Waals surface area contributed by atoms with Crippen molar-refractivity contribution >= 4 is 15.7 Å². The Hall–Kier alpha value is -2.14. The van der Waals surface area contributed by atoms with Gasteiger partial charge in [0.05, 0.1) is 4.90 Å². The van der Waals surface area contributed by atoms with Crippen LogP contribution in [0.3, 0.4) is 0 Å². The average Bonchev–Trinajstić information content (AvgIpc) is 3.44. The summed E-state index contributed by atoms with van der Waals surface area (Å²) in [7, 11) is -3.25. The molecule has 0 aliphatic heterocycles. The summed E-state index contributed by atoms with van der Waals surface area (Å²) in [4.78, 5) is 15.1. The maximum absolute atomic E-state index is 12.9. The Bertz CT molecular complexity index is 880.